The zero-order valence-electron chi connectivity index (χ0n) is 19.2. The molecule has 0 aliphatic heterocycles. The molecule has 0 bridgehead atoms. The van der Waals surface area contributed by atoms with Gasteiger partial charge in [0.2, 0.25) is 0 Å². The number of hydrogen-bond donors (Lipinski definition) is 1. The molecule has 35 heavy (non-hydrogen) atoms. The van der Waals surface area contributed by atoms with Crippen LogP contribution < -0.4 is 5.73 Å². The lowest BCUT2D eigenvalue weighted by Gasteiger charge is -2.33. The third-order valence-electron chi connectivity index (χ3n) is 6.88. The van der Waals surface area contributed by atoms with Crippen LogP contribution in [0.4, 0.5) is 5.69 Å². The van der Waals surface area contributed by atoms with Crippen LogP contribution in [0.3, 0.4) is 0 Å². The number of anilines is 1. The zero-order valence-corrected chi connectivity index (χ0v) is 19.2. The summed E-state index contributed by atoms with van der Waals surface area (Å²) in [7, 11) is 1.71. The Labute approximate surface area is 202 Å². The number of ether oxygens (including phenoxy) is 1. The Kier molecular flexibility index (Phi) is 5.68. The van der Waals surface area contributed by atoms with E-state index in [1.54, 1.807) is 36.2 Å². The third-order valence-corrected chi connectivity index (χ3v) is 6.88. The first-order valence-corrected chi connectivity index (χ1v) is 11.5. The van der Waals surface area contributed by atoms with E-state index in [1.807, 2.05) is 18.2 Å². The van der Waals surface area contributed by atoms with Crippen molar-refractivity contribution in [2.45, 2.75) is 25.3 Å². The first kappa shape index (κ1) is 22.5. The van der Waals surface area contributed by atoms with Crippen LogP contribution in [0.25, 0.3) is 0 Å². The molecule has 0 radical (unpaired) electrons. The molecule has 2 N–H and O–H groups in total. The molecule has 3 aromatic rings. The Hall–Kier alpha value is -4.26. The van der Waals surface area contributed by atoms with Gasteiger partial charge in [-0.05, 0) is 42.5 Å². The molecule has 1 amide bonds. The van der Waals surface area contributed by atoms with E-state index in [1.165, 1.54) is 17.7 Å². The topological polar surface area (TPSA) is 107 Å². The molecule has 176 valence electrons. The van der Waals surface area contributed by atoms with Crippen LogP contribution in [0.5, 0.6) is 0 Å². The van der Waals surface area contributed by atoms with Crippen LogP contribution in [-0.2, 0) is 16.0 Å². The summed E-state index contributed by atoms with van der Waals surface area (Å²) in [5, 5.41) is 0. The minimum absolute atomic E-state index is 0.00888. The van der Waals surface area contributed by atoms with Gasteiger partial charge in [-0.2, -0.15) is 0 Å². The Bertz CT molecular complexity index is 1390. The summed E-state index contributed by atoms with van der Waals surface area (Å²) in [6, 6.07) is 17.2. The van der Waals surface area contributed by atoms with Gasteiger partial charge in [-0.1, -0.05) is 48.5 Å². The number of likely N-dealkylation sites (N-methyl/N-ethyl adjacent to an activating group) is 1. The summed E-state index contributed by atoms with van der Waals surface area (Å²) in [6.07, 6.45) is 2.79. The summed E-state index contributed by atoms with van der Waals surface area (Å²) >= 11 is 0. The van der Waals surface area contributed by atoms with Crippen LogP contribution >= 0.6 is 0 Å². The van der Waals surface area contributed by atoms with Crippen molar-refractivity contribution in [2.75, 3.05) is 19.4 Å². The Balaban J connectivity index is 1.33. The number of nitrogens with zero attached hydrogens (tertiary/aromatic N) is 1. The molecule has 0 heterocycles. The van der Waals surface area contributed by atoms with E-state index >= 15 is 0 Å². The number of esters is 1. The number of fused-ring (bicyclic) bond motifs is 3. The lowest BCUT2D eigenvalue weighted by Crippen LogP contribution is -2.36. The SMILES string of the molecule is CN(C(=O)COC(=O)c1ccc2c(c1N)C(=O)c1ccccc1C2=O)C1CCCc2ccccc21. The zero-order chi connectivity index (χ0) is 24.7. The van der Waals surface area contributed by atoms with Crippen molar-refractivity contribution in [3.05, 3.63) is 99.6 Å². The molecule has 1 atom stereocenters. The second kappa shape index (κ2) is 8.83. The molecule has 0 saturated heterocycles. The van der Waals surface area contributed by atoms with Crippen LogP contribution in [0.2, 0.25) is 0 Å². The highest BCUT2D eigenvalue weighted by Crippen LogP contribution is 2.34. The molecule has 0 saturated carbocycles. The average Bonchev–Trinajstić information content (AvgIpc) is 2.89. The molecule has 3 aromatic carbocycles. The Morgan fingerprint density at radius 1 is 0.943 bits per heavy atom. The smallest absolute Gasteiger partial charge is 0.340 e. The fourth-order valence-corrected chi connectivity index (χ4v) is 5.00. The fraction of sp³-hybridized carbons (Fsp3) is 0.214. The largest absolute Gasteiger partial charge is 0.452 e. The van der Waals surface area contributed by atoms with E-state index in [0.29, 0.717) is 5.56 Å². The number of aryl methyl sites for hydroxylation is 1. The van der Waals surface area contributed by atoms with Gasteiger partial charge in [0, 0.05) is 23.7 Å². The van der Waals surface area contributed by atoms with Crippen LogP contribution in [0.1, 0.15) is 72.2 Å². The average molecular weight is 469 g/mol. The molecule has 0 aromatic heterocycles. The molecule has 1 unspecified atom stereocenters. The summed E-state index contributed by atoms with van der Waals surface area (Å²) in [5.74, 6) is -1.91. The van der Waals surface area contributed by atoms with E-state index in [-0.39, 0.29) is 45.7 Å². The highest BCUT2D eigenvalue weighted by molar-refractivity contribution is 6.30. The Morgan fingerprint density at radius 2 is 1.63 bits per heavy atom. The number of benzene rings is 3. The number of ketones is 2. The number of hydrogen-bond acceptors (Lipinski definition) is 6. The lowest BCUT2D eigenvalue weighted by molar-refractivity contribution is -0.135. The van der Waals surface area contributed by atoms with Crippen molar-refractivity contribution in [1.82, 2.24) is 4.90 Å². The monoisotopic (exact) mass is 468 g/mol. The van der Waals surface area contributed by atoms with Gasteiger partial charge in [-0.15, -0.1) is 0 Å². The van der Waals surface area contributed by atoms with Crippen molar-refractivity contribution in [3.8, 4) is 0 Å². The van der Waals surface area contributed by atoms with Gasteiger partial charge < -0.3 is 15.4 Å². The van der Waals surface area contributed by atoms with Gasteiger partial charge >= 0.3 is 5.97 Å². The van der Waals surface area contributed by atoms with E-state index in [0.717, 1.165) is 24.8 Å². The van der Waals surface area contributed by atoms with E-state index in [9.17, 15) is 19.2 Å². The highest BCUT2D eigenvalue weighted by Gasteiger charge is 2.33. The fourth-order valence-electron chi connectivity index (χ4n) is 5.00. The van der Waals surface area contributed by atoms with Gasteiger partial charge in [0.05, 0.1) is 22.9 Å². The second-order valence-electron chi connectivity index (χ2n) is 8.84. The lowest BCUT2D eigenvalue weighted by atomic mass is 9.82. The maximum Gasteiger partial charge on any atom is 0.340 e. The minimum atomic E-state index is -0.824. The molecular formula is C28H24N2O5. The number of nitrogens with two attached hydrogens (primary N) is 1. The molecule has 2 aliphatic rings. The van der Waals surface area contributed by atoms with Gasteiger partial charge in [0.25, 0.3) is 5.91 Å². The molecule has 7 nitrogen and oxygen atoms in total. The number of carbonyl (C=O) groups excluding carboxylic acids is 4. The van der Waals surface area contributed by atoms with Gasteiger partial charge in [0.15, 0.2) is 18.2 Å². The molecule has 7 heteroatoms. The quantitative estimate of drug-likeness (QED) is 0.361. The molecule has 2 aliphatic carbocycles. The first-order chi connectivity index (χ1) is 16.9. The summed E-state index contributed by atoms with van der Waals surface area (Å²) in [5.41, 5.74) is 9.03. The van der Waals surface area contributed by atoms with Crippen molar-refractivity contribution in [2.24, 2.45) is 0 Å². The number of rotatable bonds is 4. The summed E-state index contributed by atoms with van der Waals surface area (Å²) < 4.78 is 5.29. The maximum atomic E-state index is 13.0. The van der Waals surface area contributed by atoms with Gasteiger partial charge in [0.1, 0.15) is 0 Å². The van der Waals surface area contributed by atoms with Gasteiger partial charge in [-0.3, -0.25) is 14.4 Å². The minimum Gasteiger partial charge on any atom is -0.452 e. The number of nitrogen functional groups attached to an aromatic ring is 1. The van der Waals surface area contributed by atoms with E-state index in [4.69, 9.17) is 10.5 Å². The van der Waals surface area contributed by atoms with Crippen LogP contribution in [0, 0.1) is 0 Å². The van der Waals surface area contributed by atoms with Crippen LogP contribution in [0.15, 0.2) is 60.7 Å². The predicted octanol–water partition coefficient (Wildman–Crippen LogP) is 3.74. The summed E-state index contributed by atoms with van der Waals surface area (Å²) in [4.78, 5) is 53.2. The highest BCUT2D eigenvalue weighted by atomic mass is 16.5. The number of amides is 1. The van der Waals surface area contributed by atoms with E-state index in [2.05, 4.69) is 6.07 Å². The van der Waals surface area contributed by atoms with Crippen LogP contribution in [-0.4, -0.2) is 42.0 Å². The second-order valence-corrected chi connectivity index (χ2v) is 8.84. The third kappa shape index (κ3) is 3.79. The van der Waals surface area contributed by atoms with E-state index < -0.39 is 18.4 Å². The van der Waals surface area contributed by atoms with Crippen molar-refractivity contribution < 1.29 is 23.9 Å². The standard InChI is InChI=1S/C28H24N2O5/c1-30(22-12-6-8-16-7-2-3-9-17(16)22)23(31)15-35-28(34)21-14-13-20-24(25(21)29)27(33)19-11-5-4-10-18(19)26(20)32/h2-5,7,9-11,13-14,22H,6,8,12,15,29H2,1H3. The molecular weight excluding hydrogens is 444 g/mol. The molecule has 0 fully saturated rings. The normalized spacial score (nSPS) is 16.1. The van der Waals surface area contributed by atoms with Gasteiger partial charge in [-0.25, -0.2) is 4.79 Å². The summed E-state index contributed by atoms with van der Waals surface area (Å²) in [6.45, 7) is -0.458. The predicted molar refractivity (Wildman–Crippen MR) is 129 cm³/mol. The van der Waals surface area contributed by atoms with Crippen molar-refractivity contribution >= 4 is 29.1 Å². The molecule has 5 rings (SSSR count). The number of carbonyl (C=O) groups is 4. The van der Waals surface area contributed by atoms with Crippen molar-refractivity contribution in [1.29, 1.82) is 0 Å². The first-order valence-electron chi connectivity index (χ1n) is 11.5. The Morgan fingerprint density at radius 3 is 2.40 bits per heavy atom. The van der Waals surface area contributed by atoms with Crippen molar-refractivity contribution in [3.63, 3.8) is 0 Å². The molecule has 0 spiro atoms. The maximum absolute atomic E-state index is 13.0.